The van der Waals surface area contributed by atoms with Gasteiger partial charge in [-0.3, -0.25) is 9.79 Å². The molecule has 1 aromatic rings. The monoisotopic (exact) mass is 429 g/mol. The minimum absolute atomic E-state index is 0.271. The molecule has 1 amide bonds. The predicted molar refractivity (Wildman–Crippen MR) is 122 cm³/mol. The van der Waals surface area contributed by atoms with Gasteiger partial charge in [-0.1, -0.05) is 19.3 Å². The van der Waals surface area contributed by atoms with Crippen LogP contribution in [0.25, 0.3) is 0 Å². The van der Waals surface area contributed by atoms with E-state index in [9.17, 15) is 4.79 Å². The van der Waals surface area contributed by atoms with Gasteiger partial charge in [0.15, 0.2) is 5.96 Å². The Bertz CT molecular complexity index is 753. The van der Waals surface area contributed by atoms with E-state index >= 15 is 0 Å². The highest BCUT2D eigenvalue weighted by Crippen LogP contribution is 2.27. The summed E-state index contributed by atoms with van der Waals surface area (Å²) in [5.41, 5.74) is 0. The van der Waals surface area contributed by atoms with Crippen molar-refractivity contribution in [3.63, 3.8) is 0 Å². The van der Waals surface area contributed by atoms with Crippen molar-refractivity contribution in [2.24, 2.45) is 10.9 Å². The van der Waals surface area contributed by atoms with Crippen LogP contribution >= 0.6 is 0 Å². The molecule has 31 heavy (non-hydrogen) atoms. The van der Waals surface area contributed by atoms with Crippen LogP contribution in [0.3, 0.4) is 0 Å². The van der Waals surface area contributed by atoms with Crippen LogP contribution in [0.5, 0.6) is 0 Å². The zero-order valence-corrected chi connectivity index (χ0v) is 19.1. The van der Waals surface area contributed by atoms with Gasteiger partial charge in [0.25, 0.3) is 0 Å². The number of likely N-dealkylation sites (tertiary alicyclic amines) is 1. The Morgan fingerprint density at radius 1 is 1.10 bits per heavy atom. The van der Waals surface area contributed by atoms with Gasteiger partial charge in [0, 0.05) is 57.5 Å². The van der Waals surface area contributed by atoms with E-state index in [1.54, 1.807) is 0 Å². The molecule has 2 fully saturated rings. The summed E-state index contributed by atoms with van der Waals surface area (Å²) in [6.07, 6.45) is 12.2. The number of rotatable bonds is 7. The maximum absolute atomic E-state index is 12.7. The zero-order chi connectivity index (χ0) is 21.5. The highest BCUT2D eigenvalue weighted by Gasteiger charge is 2.32. The first-order chi connectivity index (χ1) is 15.2. The molecule has 2 aliphatic heterocycles. The number of nitrogens with zero attached hydrogens (tertiary/aromatic N) is 5. The topological polar surface area (TPSA) is 87.4 Å². The van der Waals surface area contributed by atoms with Crippen LogP contribution in [0.1, 0.15) is 76.4 Å². The van der Waals surface area contributed by atoms with E-state index in [1.165, 1.54) is 32.1 Å². The SMILES string of the molecule is CCNC(=NCCCc1nnc2n1CCCCC2)NC1CCN(C(=O)C2CCCC2)C1. The number of hydrogen-bond donors (Lipinski definition) is 2. The van der Waals surface area contributed by atoms with Crippen LogP contribution in [0.15, 0.2) is 4.99 Å². The molecule has 8 heteroatoms. The minimum Gasteiger partial charge on any atom is -0.357 e. The van der Waals surface area contributed by atoms with Crippen LogP contribution in [-0.2, 0) is 24.2 Å². The third-order valence-electron chi connectivity index (χ3n) is 6.90. The second-order valence-electron chi connectivity index (χ2n) is 9.25. The lowest BCUT2D eigenvalue weighted by atomic mass is 10.1. The zero-order valence-electron chi connectivity index (χ0n) is 19.1. The first-order valence-electron chi connectivity index (χ1n) is 12.5. The maximum Gasteiger partial charge on any atom is 0.225 e. The van der Waals surface area contributed by atoms with Crippen LogP contribution in [0, 0.1) is 5.92 Å². The number of aryl methyl sites for hydroxylation is 2. The van der Waals surface area contributed by atoms with E-state index in [-0.39, 0.29) is 12.0 Å². The molecule has 1 saturated carbocycles. The van der Waals surface area contributed by atoms with Gasteiger partial charge < -0.3 is 20.1 Å². The second-order valence-corrected chi connectivity index (χ2v) is 9.25. The highest BCUT2D eigenvalue weighted by atomic mass is 16.2. The van der Waals surface area contributed by atoms with Gasteiger partial charge in [-0.15, -0.1) is 10.2 Å². The third-order valence-corrected chi connectivity index (χ3v) is 6.90. The molecule has 4 rings (SSSR count). The fourth-order valence-electron chi connectivity index (χ4n) is 5.18. The Labute approximate surface area is 186 Å². The Morgan fingerprint density at radius 2 is 1.97 bits per heavy atom. The molecule has 3 heterocycles. The van der Waals surface area contributed by atoms with Gasteiger partial charge in [-0.05, 0) is 45.4 Å². The predicted octanol–water partition coefficient (Wildman–Crippen LogP) is 2.28. The number of aromatic nitrogens is 3. The number of amides is 1. The smallest absolute Gasteiger partial charge is 0.225 e. The van der Waals surface area contributed by atoms with E-state index in [0.29, 0.717) is 5.91 Å². The van der Waals surface area contributed by atoms with Crippen molar-refractivity contribution in [1.29, 1.82) is 0 Å². The van der Waals surface area contributed by atoms with Gasteiger partial charge in [0.05, 0.1) is 0 Å². The standard InChI is InChI=1S/C23H39N7O/c1-2-24-23(26-19-13-16-29(17-19)22(31)18-9-5-6-10-18)25-14-8-12-21-28-27-20-11-4-3-7-15-30(20)21/h18-19H,2-17H2,1H3,(H2,24,25,26). The summed E-state index contributed by atoms with van der Waals surface area (Å²) in [4.78, 5) is 19.5. The molecule has 2 N–H and O–H groups in total. The van der Waals surface area contributed by atoms with Crippen molar-refractivity contribution in [3.05, 3.63) is 11.6 Å². The molecule has 172 valence electrons. The van der Waals surface area contributed by atoms with E-state index in [2.05, 4.69) is 37.2 Å². The fourth-order valence-corrected chi connectivity index (χ4v) is 5.18. The van der Waals surface area contributed by atoms with Crippen molar-refractivity contribution >= 4 is 11.9 Å². The molecular weight excluding hydrogens is 390 g/mol. The number of carbonyl (C=O) groups is 1. The normalized spacial score (nSPS) is 22.4. The van der Waals surface area contributed by atoms with Crippen LogP contribution in [-0.4, -0.2) is 63.8 Å². The summed E-state index contributed by atoms with van der Waals surface area (Å²) in [6.45, 7) is 6.40. The van der Waals surface area contributed by atoms with Crippen molar-refractivity contribution in [3.8, 4) is 0 Å². The van der Waals surface area contributed by atoms with Gasteiger partial charge in [0.1, 0.15) is 11.6 Å². The lowest BCUT2D eigenvalue weighted by Gasteiger charge is -2.21. The third kappa shape index (κ3) is 5.77. The van der Waals surface area contributed by atoms with Gasteiger partial charge in [-0.2, -0.15) is 0 Å². The molecule has 1 atom stereocenters. The summed E-state index contributed by atoms with van der Waals surface area (Å²) in [5, 5.41) is 15.7. The maximum atomic E-state index is 12.7. The first-order valence-corrected chi connectivity index (χ1v) is 12.5. The molecule has 8 nitrogen and oxygen atoms in total. The number of guanidine groups is 1. The lowest BCUT2D eigenvalue weighted by molar-refractivity contribution is -0.134. The molecule has 0 radical (unpaired) electrons. The molecule has 1 saturated heterocycles. The Hall–Kier alpha value is -2.12. The molecule has 1 unspecified atom stereocenters. The molecule has 0 spiro atoms. The van der Waals surface area contributed by atoms with Gasteiger partial charge in [-0.25, -0.2) is 0 Å². The first kappa shape index (κ1) is 22.1. The van der Waals surface area contributed by atoms with Crippen molar-refractivity contribution in [2.75, 3.05) is 26.2 Å². The Morgan fingerprint density at radius 3 is 2.81 bits per heavy atom. The van der Waals surface area contributed by atoms with E-state index in [0.717, 1.165) is 88.9 Å². The number of fused-ring (bicyclic) bond motifs is 1. The average molecular weight is 430 g/mol. The molecule has 1 aromatic heterocycles. The molecule has 3 aliphatic rings. The summed E-state index contributed by atoms with van der Waals surface area (Å²) in [6, 6.07) is 0.287. The van der Waals surface area contributed by atoms with Crippen LogP contribution in [0.4, 0.5) is 0 Å². The van der Waals surface area contributed by atoms with Crippen molar-refractivity contribution in [2.45, 2.75) is 90.1 Å². The van der Waals surface area contributed by atoms with Crippen molar-refractivity contribution in [1.82, 2.24) is 30.3 Å². The molecular formula is C23H39N7O. The van der Waals surface area contributed by atoms with Crippen LogP contribution in [0.2, 0.25) is 0 Å². The molecule has 0 aromatic carbocycles. The van der Waals surface area contributed by atoms with Gasteiger partial charge >= 0.3 is 0 Å². The van der Waals surface area contributed by atoms with Crippen molar-refractivity contribution < 1.29 is 4.79 Å². The van der Waals surface area contributed by atoms with E-state index < -0.39 is 0 Å². The summed E-state index contributed by atoms with van der Waals surface area (Å²) in [5.74, 6) is 3.78. The quantitative estimate of drug-likeness (QED) is 0.394. The lowest BCUT2D eigenvalue weighted by Crippen LogP contribution is -2.45. The van der Waals surface area contributed by atoms with Gasteiger partial charge in [0.2, 0.25) is 5.91 Å². The highest BCUT2D eigenvalue weighted by molar-refractivity contribution is 5.81. The largest absolute Gasteiger partial charge is 0.357 e. The summed E-state index contributed by atoms with van der Waals surface area (Å²) >= 11 is 0. The number of hydrogen-bond acceptors (Lipinski definition) is 4. The second kappa shape index (κ2) is 11.0. The number of nitrogens with one attached hydrogen (secondary N) is 2. The Kier molecular flexibility index (Phi) is 7.81. The van der Waals surface area contributed by atoms with Crippen LogP contribution < -0.4 is 10.6 Å². The van der Waals surface area contributed by atoms with E-state index in [1.807, 2.05) is 0 Å². The molecule has 0 bridgehead atoms. The summed E-state index contributed by atoms with van der Waals surface area (Å²) < 4.78 is 2.33. The van der Waals surface area contributed by atoms with E-state index in [4.69, 9.17) is 4.99 Å². The fraction of sp³-hybridized carbons (Fsp3) is 0.826. The average Bonchev–Trinajstić information content (AvgIpc) is 3.51. The number of aliphatic imine (C=N–C) groups is 1. The molecule has 1 aliphatic carbocycles. The number of carbonyl (C=O) groups excluding carboxylic acids is 1. The Balaban J connectivity index is 1.24. The summed E-state index contributed by atoms with van der Waals surface area (Å²) in [7, 11) is 0. The minimum atomic E-state index is 0.271.